The van der Waals surface area contributed by atoms with E-state index in [1.165, 1.54) is 4.68 Å². The van der Waals surface area contributed by atoms with Crippen molar-refractivity contribution in [1.29, 1.82) is 0 Å². The highest BCUT2D eigenvalue weighted by Gasteiger charge is 2.10. The van der Waals surface area contributed by atoms with E-state index in [0.29, 0.717) is 5.82 Å². The van der Waals surface area contributed by atoms with E-state index >= 15 is 0 Å². The number of nitrogen functional groups attached to an aromatic ring is 2. The third-order valence-corrected chi connectivity index (χ3v) is 2.19. The number of rotatable bonds is 3. The van der Waals surface area contributed by atoms with E-state index in [-0.39, 0.29) is 12.1 Å². The van der Waals surface area contributed by atoms with Crippen LogP contribution in [0.15, 0.2) is 24.3 Å². The van der Waals surface area contributed by atoms with Crippen LogP contribution in [0, 0.1) is 0 Å². The molecular formula is C11H15N5O. The van der Waals surface area contributed by atoms with Gasteiger partial charge < -0.3 is 16.3 Å². The van der Waals surface area contributed by atoms with E-state index in [1.54, 1.807) is 0 Å². The lowest BCUT2D eigenvalue weighted by Gasteiger charge is -2.10. The molecule has 1 aromatic carbocycles. The number of anilines is 1. The maximum atomic E-state index is 5.71. The lowest BCUT2D eigenvalue weighted by Crippen LogP contribution is -2.13. The minimum absolute atomic E-state index is 0.117. The van der Waals surface area contributed by atoms with Crippen molar-refractivity contribution >= 4 is 5.95 Å². The minimum Gasteiger partial charge on any atom is -0.491 e. The summed E-state index contributed by atoms with van der Waals surface area (Å²) in [7, 11) is 0. The maximum absolute atomic E-state index is 5.71. The van der Waals surface area contributed by atoms with Crippen molar-refractivity contribution in [3.8, 4) is 17.1 Å². The number of nitrogens with two attached hydrogens (primary N) is 2. The van der Waals surface area contributed by atoms with Crippen LogP contribution in [-0.2, 0) is 0 Å². The number of benzene rings is 1. The second-order valence-corrected chi connectivity index (χ2v) is 3.95. The molecule has 0 saturated heterocycles. The van der Waals surface area contributed by atoms with Crippen LogP contribution in [0.25, 0.3) is 11.4 Å². The van der Waals surface area contributed by atoms with Gasteiger partial charge in [0.2, 0.25) is 5.95 Å². The van der Waals surface area contributed by atoms with Gasteiger partial charge in [-0.1, -0.05) is 12.1 Å². The SMILES string of the molecule is CC(C)Oc1cccc(-c2nnc(N)n2N)c1. The lowest BCUT2D eigenvalue weighted by molar-refractivity contribution is 0.242. The Hall–Kier alpha value is -2.24. The zero-order valence-electron chi connectivity index (χ0n) is 9.79. The van der Waals surface area contributed by atoms with Gasteiger partial charge in [-0.05, 0) is 26.0 Å². The number of ether oxygens (including phenoxy) is 1. The van der Waals surface area contributed by atoms with Crippen LogP contribution >= 0.6 is 0 Å². The molecule has 0 unspecified atom stereocenters. The standard InChI is InChI=1S/C11H15N5O/c1-7(2)17-9-5-3-4-8(6-9)10-14-15-11(12)16(10)13/h3-7H,13H2,1-2H3,(H2,12,15). The zero-order chi connectivity index (χ0) is 12.4. The van der Waals surface area contributed by atoms with Crippen molar-refractivity contribution in [2.75, 3.05) is 11.6 Å². The topological polar surface area (TPSA) is 92.0 Å². The zero-order valence-corrected chi connectivity index (χ0v) is 9.79. The van der Waals surface area contributed by atoms with E-state index in [9.17, 15) is 0 Å². The van der Waals surface area contributed by atoms with Crippen molar-refractivity contribution in [2.45, 2.75) is 20.0 Å². The molecule has 1 heterocycles. The van der Waals surface area contributed by atoms with E-state index in [4.69, 9.17) is 16.3 Å². The van der Waals surface area contributed by atoms with Gasteiger partial charge >= 0.3 is 0 Å². The molecule has 0 radical (unpaired) electrons. The van der Waals surface area contributed by atoms with E-state index in [2.05, 4.69) is 10.2 Å². The van der Waals surface area contributed by atoms with Gasteiger partial charge in [0.15, 0.2) is 5.82 Å². The van der Waals surface area contributed by atoms with Gasteiger partial charge in [0.1, 0.15) is 5.75 Å². The molecule has 0 bridgehead atoms. The summed E-state index contributed by atoms with van der Waals surface area (Å²) in [5.41, 5.74) is 6.34. The van der Waals surface area contributed by atoms with Crippen molar-refractivity contribution < 1.29 is 4.74 Å². The van der Waals surface area contributed by atoms with E-state index < -0.39 is 0 Å². The average molecular weight is 233 g/mol. The molecule has 90 valence electrons. The summed E-state index contributed by atoms with van der Waals surface area (Å²) < 4.78 is 6.84. The average Bonchev–Trinajstić information content (AvgIpc) is 2.59. The molecular weight excluding hydrogens is 218 g/mol. The Morgan fingerprint density at radius 2 is 2.06 bits per heavy atom. The maximum Gasteiger partial charge on any atom is 0.241 e. The molecule has 0 spiro atoms. The molecule has 0 fully saturated rings. The largest absolute Gasteiger partial charge is 0.491 e. The van der Waals surface area contributed by atoms with Crippen LogP contribution in [0.4, 0.5) is 5.95 Å². The Labute approximate surface area is 99.2 Å². The summed E-state index contributed by atoms with van der Waals surface area (Å²) in [6.45, 7) is 3.94. The second-order valence-electron chi connectivity index (χ2n) is 3.95. The lowest BCUT2D eigenvalue weighted by atomic mass is 10.2. The van der Waals surface area contributed by atoms with Crippen molar-refractivity contribution in [3.05, 3.63) is 24.3 Å². The molecule has 0 amide bonds. The van der Waals surface area contributed by atoms with Crippen LogP contribution < -0.4 is 16.3 Å². The van der Waals surface area contributed by atoms with E-state index in [1.807, 2.05) is 38.1 Å². The van der Waals surface area contributed by atoms with Gasteiger partial charge in [0, 0.05) is 5.56 Å². The number of nitrogens with zero attached hydrogens (tertiary/aromatic N) is 3. The predicted molar refractivity (Wildman–Crippen MR) is 65.8 cm³/mol. The summed E-state index contributed by atoms with van der Waals surface area (Å²) in [6, 6.07) is 7.48. The van der Waals surface area contributed by atoms with Gasteiger partial charge in [-0.3, -0.25) is 0 Å². The summed E-state index contributed by atoms with van der Waals surface area (Å²) >= 11 is 0. The molecule has 0 atom stereocenters. The van der Waals surface area contributed by atoms with Crippen LogP contribution in [-0.4, -0.2) is 21.0 Å². The van der Waals surface area contributed by atoms with Gasteiger partial charge in [0.25, 0.3) is 0 Å². The molecule has 2 aromatic rings. The Balaban J connectivity index is 2.36. The smallest absolute Gasteiger partial charge is 0.241 e. The third kappa shape index (κ3) is 2.30. The molecule has 6 nitrogen and oxygen atoms in total. The highest BCUT2D eigenvalue weighted by atomic mass is 16.5. The molecule has 17 heavy (non-hydrogen) atoms. The molecule has 0 aliphatic carbocycles. The fraction of sp³-hybridized carbons (Fsp3) is 0.273. The quantitative estimate of drug-likeness (QED) is 0.772. The van der Waals surface area contributed by atoms with Crippen LogP contribution in [0.3, 0.4) is 0 Å². The normalized spacial score (nSPS) is 10.8. The number of hydrogen-bond donors (Lipinski definition) is 2. The van der Waals surface area contributed by atoms with Crippen molar-refractivity contribution in [1.82, 2.24) is 14.9 Å². The van der Waals surface area contributed by atoms with Gasteiger partial charge in [0.05, 0.1) is 6.10 Å². The van der Waals surface area contributed by atoms with Gasteiger partial charge in [-0.25, -0.2) is 4.68 Å². The fourth-order valence-electron chi connectivity index (χ4n) is 1.48. The van der Waals surface area contributed by atoms with E-state index in [0.717, 1.165) is 11.3 Å². The first kappa shape index (κ1) is 11.3. The number of hydrogen-bond acceptors (Lipinski definition) is 5. The summed E-state index contributed by atoms with van der Waals surface area (Å²) in [6.07, 6.45) is 0.117. The predicted octanol–water partition coefficient (Wildman–Crippen LogP) is 1.03. The highest BCUT2D eigenvalue weighted by Crippen LogP contribution is 2.22. The van der Waals surface area contributed by atoms with Crippen LogP contribution in [0.1, 0.15) is 13.8 Å². The summed E-state index contributed by atoms with van der Waals surface area (Å²) in [5, 5.41) is 7.62. The third-order valence-electron chi connectivity index (χ3n) is 2.19. The molecule has 0 aliphatic heterocycles. The Kier molecular flexibility index (Phi) is 2.86. The molecule has 0 saturated carbocycles. The molecule has 0 aliphatic rings. The highest BCUT2D eigenvalue weighted by molar-refractivity contribution is 5.59. The number of aromatic nitrogens is 3. The first-order chi connectivity index (χ1) is 8.08. The van der Waals surface area contributed by atoms with Gasteiger partial charge in [-0.15, -0.1) is 10.2 Å². The first-order valence-corrected chi connectivity index (χ1v) is 5.31. The molecule has 6 heteroatoms. The first-order valence-electron chi connectivity index (χ1n) is 5.31. The van der Waals surface area contributed by atoms with Gasteiger partial charge in [-0.2, -0.15) is 0 Å². The molecule has 2 rings (SSSR count). The molecule has 4 N–H and O–H groups in total. The Morgan fingerprint density at radius 1 is 1.29 bits per heavy atom. The second kappa shape index (κ2) is 4.32. The fourth-order valence-corrected chi connectivity index (χ4v) is 1.48. The molecule has 1 aromatic heterocycles. The summed E-state index contributed by atoms with van der Waals surface area (Å²) in [4.78, 5) is 0. The Morgan fingerprint density at radius 3 is 2.65 bits per heavy atom. The van der Waals surface area contributed by atoms with Crippen molar-refractivity contribution in [3.63, 3.8) is 0 Å². The minimum atomic E-state index is 0.117. The Bertz CT molecular complexity index is 520. The summed E-state index contributed by atoms with van der Waals surface area (Å²) in [5.74, 6) is 7.16. The van der Waals surface area contributed by atoms with Crippen LogP contribution in [0.5, 0.6) is 5.75 Å². The van der Waals surface area contributed by atoms with Crippen molar-refractivity contribution in [2.24, 2.45) is 0 Å². The monoisotopic (exact) mass is 233 g/mol. The van der Waals surface area contributed by atoms with Crippen LogP contribution in [0.2, 0.25) is 0 Å².